The predicted octanol–water partition coefficient (Wildman–Crippen LogP) is 4.77. The summed E-state index contributed by atoms with van der Waals surface area (Å²) in [4.78, 5) is 20.6. The quantitative estimate of drug-likeness (QED) is 0.662. The van der Waals surface area contributed by atoms with Crippen LogP contribution >= 0.6 is 23.2 Å². The molecule has 0 unspecified atom stereocenters. The molecule has 5 nitrogen and oxygen atoms in total. The lowest BCUT2D eigenvalue weighted by Crippen LogP contribution is -2.23. The Hall–Kier alpha value is -2.63. The SMILES string of the molecule is Cc1ccccc1CNC(=O)c1cnc(Nc2ccc(Cl)cc2Cl)nc1. The molecule has 1 aromatic heterocycles. The minimum Gasteiger partial charge on any atom is -0.348 e. The van der Waals surface area contributed by atoms with E-state index >= 15 is 0 Å². The summed E-state index contributed by atoms with van der Waals surface area (Å²) in [7, 11) is 0. The van der Waals surface area contributed by atoms with Crippen molar-refractivity contribution in [3.8, 4) is 0 Å². The highest BCUT2D eigenvalue weighted by molar-refractivity contribution is 6.36. The smallest absolute Gasteiger partial charge is 0.254 e. The van der Waals surface area contributed by atoms with E-state index in [0.717, 1.165) is 11.1 Å². The Morgan fingerprint density at radius 3 is 2.50 bits per heavy atom. The number of hydrogen-bond donors (Lipinski definition) is 2. The molecular weight excluding hydrogens is 371 g/mol. The van der Waals surface area contributed by atoms with Crippen molar-refractivity contribution in [1.82, 2.24) is 15.3 Å². The first kappa shape index (κ1) is 18.2. The lowest BCUT2D eigenvalue weighted by atomic mass is 10.1. The Kier molecular flexibility index (Phi) is 5.71. The number of halogens is 2. The summed E-state index contributed by atoms with van der Waals surface area (Å²) in [5.41, 5.74) is 3.21. The highest BCUT2D eigenvalue weighted by Gasteiger charge is 2.09. The number of hydrogen-bond acceptors (Lipinski definition) is 4. The van der Waals surface area contributed by atoms with Crippen molar-refractivity contribution in [2.75, 3.05) is 5.32 Å². The van der Waals surface area contributed by atoms with Crippen molar-refractivity contribution in [3.05, 3.63) is 81.6 Å². The number of amides is 1. The maximum atomic E-state index is 12.2. The van der Waals surface area contributed by atoms with Gasteiger partial charge in [-0.25, -0.2) is 9.97 Å². The van der Waals surface area contributed by atoms with Gasteiger partial charge in [0.2, 0.25) is 5.95 Å². The van der Waals surface area contributed by atoms with Crippen LogP contribution in [0.5, 0.6) is 0 Å². The minimum atomic E-state index is -0.232. The number of carbonyl (C=O) groups is 1. The normalized spacial score (nSPS) is 10.4. The Morgan fingerprint density at radius 1 is 1.08 bits per heavy atom. The molecule has 0 radical (unpaired) electrons. The van der Waals surface area contributed by atoms with Gasteiger partial charge in [-0.1, -0.05) is 47.5 Å². The molecule has 3 aromatic rings. The van der Waals surface area contributed by atoms with Crippen LogP contribution in [0.15, 0.2) is 54.9 Å². The van der Waals surface area contributed by atoms with Crippen LogP contribution in [0.25, 0.3) is 0 Å². The molecule has 0 bridgehead atoms. The van der Waals surface area contributed by atoms with Crippen LogP contribution in [0, 0.1) is 6.92 Å². The fourth-order valence-corrected chi connectivity index (χ4v) is 2.76. The Bertz CT molecular complexity index is 929. The van der Waals surface area contributed by atoms with E-state index < -0.39 is 0 Å². The molecule has 2 N–H and O–H groups in total. The number of anilines is 2. The van der Waals surface area contributed by atoms with Crippen LogP contribution in [0.1, 0.15) is 21.5 Å². The summed E-state index contributed by atoms with van der Waals surface area (Å²) < 4.78 is 0. The van der Waals surface area contributed by atoms with Gasteiger partial charge >= 0.3 is 0 Å². The third-order valence-corrected chi connectivity index (χ3v) is 4.34. The van der Waals surface area contributed by atoms with Crippen LogP contribution < -0.4 is 10.6 Å². The average molecular weight is 387 g/mol. The summed E-state index contributed by atoms with van der Waals surface area (Å²) in [5, 5.41) is 6.85. The Labute approximate surface area is 161 Å². The molecule has 7 heteroatoms. The van der Waals surface area contributed by atoms with E-state index in [0.29, 0.717) is 33.8 Å². The first-order valence-corrected chi connectivity index (χ1v) is 8.65. The molecule has 0 atom stereocenters. The van der Waals surface area contributed by atoms with Crippen molar-refractivity contribution in [1.29, 1.82) is 0 Å². The highest BCUT2D eigenvalue weighted by atomic mass is 35.5. The molecule has 1 heterocycles. The monoisotopic (exact) mass is 386 g/mol. The van der Waals surface area contributed by atoms with Gasteiger partial charge in [-0.2, -0.15) is 0 Å². The third kappa shape index (κ3) is 4.50. The van der Waals surface area contributed by atoms with E-state index in [-0.39, 0.29) is 5.91 Å². The number of benzene rings is 2. The van der Waals surface area contributed by atoms with Gasteiger partial charge in [-0.05, 0) is 36.2 Å². The maximum absolute atomic E-state index is 12.2. The first-order chi connectivity index (χ1) is 12.5. The number of carbonyl (C=O) groups excluding carboxylic acids is 1. The molecule has 26 heavy (non-hydrogen) atoms. The van der Waals surface area contributed by atoms with Gasteiger partial charge in [0.15, 0.2) is 0 Å². The molecule has 0 saturated heterocycles. The fourth-order valence-electron chi connectivity index (χ4n) is 2.31. The van der Waals surface area contributed by atoms with Crippen LogP contribution in [-0.2, 0) is 6.54 Å². The molecule has 0 fully saturated rings. The number of nitrogens with one attached hydrogen (secondary N) is 2. The van der Waals surface area contributed by atoms with E-state index in [4.69, 9.17) is 23.2 Å². The second-order valence-corrected chi connectivity index (χ2v) is 6.50. The number of rotatable bonds is 5. The topological polar surface area (TPSA) is 66.9 Å². The molecule has 0 spiro atoms. The third-order valence-electron chi connectivity index (χ3n) is 3.79. The summed E-state index contributed by atoms with van der Waals surface area (Å²) in [6.45, 7) is 2.46. The Morgan fingerprint density at radius 2 is 1.81 bits per heavy atom. The Balaban J connectivity index is 1.63. The lowest BCUT2D eigenvalue weighted by molar-refractivity contribution is 0.0950. The zero-order valence-electron chi connectivity index (χ0n) is 14.0. The van der Waals surface area contributed by atoms with Crippen molar-refractivity contribution in [3.63, 3.8) is 0 Å². The van der Waals surface area contributed by atoms with E-state index in [1.807, 2.05) is 31.2 Å². The van der Waals surface area contributed by atoms with Crippen molar-refractivity contribution in [2.24, 2.45) is 0 Å². The average Bonchev–Trinajstić information content (AvgIpc) is 2.64. The summed E-state index contributed by atoms with van der Waals surface area (Å²) in [6, 6.07) is 13.0. The lowest BCUT2D eigenvalue weighted by Gasteiger charge is -2.09. The molecule has 3 rings (SSSR count). The van der Waals surface area contributed by atoms with Gasteiger partial charge in [0.05, 0.1) is 16.3 Å². The van der Waals surface area contributed by atoms with Crippen molar-refractivity contribution in [2.45, 2.75) is 13.5 Å². The molecule has 0 saturated carbocycles. The van der Waals surface area contributed by atoms with Crippen LogP contribution in [-0.4, -0.2) is 15.9 Å². The van der Waals surface area contributed by atoms with Crippen molar-refractivity contribution < 1.29 is 4.79 Å². The molecule has 0 aliphatic heterocycles. The summed E-state index contributed by atoms with van der Waals surface area (Å²) in [5.74, 6) is 0.106. The van der Waals surface area contributed by atoms with E-state index in [1.165, 1.54) is 12.4 Å². The zero-order chi connectivity index (χ0) is 18.5. The minimum absolute atomic E-state index is 0.232. The number of nitrogens with zero attached hydrogens (tertiary/aromatic N) is 2. The van der Waals surface area contributed by atoms with Gasteiger partial charge < -0.3 is 10.6 Å². The highest BCUT2D eigenvalue weighted by Crippen LogP contribution is 2.27. The molecule has 0 aliphatic carbocycles. The summed E-state index contributed by atoms with van der Waals surface area (Å²) >= 11 is 12.0. The van der Waals surface area contributed by atoms with Gasteiger partial charge in [0, 0.05) is 24.0 Å². The first-order valence-electron chi connectivity index (χ1n) is 7.90. The molecule has 0 aliphatic rings. The number of aromatic nitrogens is 2. The van der Waals surface area contributed by atoms with Crippen molar-refractivity contribution >= 4 is 40.7 Å². The predicted molar refractivity (Wildman–Crippen MR) is 104 cm³/mol. The van der Waals surface area contributed by atoms with Gasteiger partial charge in [-0.15, -0.1) is 0 Å². The van der Waals surface area contributed by atoms with E-state index in [2.05, 4.69) is 20.6 Å². The largest absolute Gasteiger partial charge is 0.348 e. The van der Waals surface area contributed by atoms with Gasteiger partial charge in [0.25, 0.3) is 5.91 Å². The zero-order valence-corrected chi connectivity index (χ0v) is 15.5. The second-order valence-electron chi connectivity index (χ2n) is 5.65. The van der Waals surface area contributed by atoms with Crippen LogP contribution in [0.3, 0.4) is 0 Å². The van der Waals surface area contributed by atoms with Crippen LogP contribution in [0.2, 0.25) is 10.0 Å². The second kappa shape index (κ2) is 8.17. The molecular formula is C19H16Cl2N4O. The molecule has 1 amide bonds. The van der Waals surface area contributed by atoms with E-state index in [9.17, 15) is 4.79 Å². The number of aryl methyl sites for hydroxylation is 1. The fraction of sp³-hybridized carbons (Fsp3) is 0.105. The molecule has 132 valence electrons. The maximum Gasteiger partial charge on any atom is 0.254 e. The van der Waals surface area contributed by atoms with E-state index in [1.54, 1.807) is 18.2 Å². The molecule has 2 aromatic carbocycles. The standard InChI is InChI=1S/C19H16Cl2N4O/c1-12-4-2-3-5-13(12)9-22-18(26)14-10-23-19(24-11-14)25-17-7-6-15(20)8-16(17)21/h2-8,10-11H,9H2,1H3,(H,22,26)(H,23,24,25). The summed E-state index contributed by atoms with van der Waals surface area (Å²) in [6.07, 6.45) is 2.93. The van der Waals surface area contributed by atoms with Gasteiger partial charge in [-0.3, -0.25) is 4.79 Å². The van der Waals surface area contributed by atoms with Gasteiger partial charge in [0.1, 0.15) is 0 Å². The van der Waals surface area contributed by atoms with Crippen LogP contribution in [0.4, 0.5) is 11.6 Å².